The third-order valence-corrected chi connectivity index (χ3v) is 6.65. The number of aliphatic hydroxyl groups is 2. The molecule has 24 heavy (non-hydrogen) atoms. The Kier molecular flexibility index (Phi) is 6.39. The zero-order valence-corrected chi connectivity index (χ0v) is 15.2. The quantitative estimate of drug-likeness (QED) is 0.677. The van der Waals surface area contributed by atoms with Gasteiger partial charge in [0.15, 0.2) is 0 Å². The smallest absolute Gasteiger partial charge is 0.243 e. The van der Waals surface area contributed by atoms with Gasteiger partial charge < -0.3 is 15.5 Å². The number of piperidine rings is 1. The number of benzene rings is 1. The number of sulfonamides is 1. The van der Waals surface area contributed by atoms with E-state index in [4.69, 9.17) is 0 Å². The van der Waals surface area contributed by atoms with E-state index in [0.29, 0.717) is 0 Å². The van der Waals surface area contributed by atoms with Gasteiger partial charge in [0.1, 0.15) is 5.60 Å². The zero-order chi connectivity index (χ0) is 17.8. The van der Waals surface area contributed by atoms with Crippen LogP contribution in [0.15, 0.2) is 35.2 Å². The normalized spacial score (nSPS) is 26.0. The largest absolute Gasteiger partial charge is 0.390 e. The molecule has 1 heterocycles. The molecule has 0 aliphatic carbocycles. The molecule has 1 saturated heterocycles. The summed E-state index contributed by atoms with van der Waals surface area (Å²) in [6, 6.07) is 8.43. The van der Waals surface area contributed by atoms with Crippen LogP contribution in [0.4, 0.5) is 0 Å². The van der Waals surface area contributed by atoms with Crippen LogP contribution >= 0.6 is 0 Å². The Balaban J connectivity index is 2.15. The number of nitrogens with zero attached hydrogens (tertiary/aromatic N) is 1. The third kappa shape index (κ3) is 4.15. The Bertz CT molecular complexity index is 619. The van der Waals surface area contributed by atoms with Crippen LogP contribution in [0.5, 0.6) is 0 Å². The van der Waals surface area contributed by atoms with Crippen molar-refractivity contribution in [3.8, 4) is 0 Å². The molecule has 0 bridgehead atoms. The summed E-state index contributed by atoms with van der Waals surface area (Å²) in [6.07, 6.45) is 1.10. The van der Waals surface area contributed by atoms with Crippen molar-refractivity contribution in [2.24, 2.45) is 0 Å². The van der Waals surface area contributed by atoms with E-state index in [-0.39, 0.29) is 37.0 Å². The van der Waals surface area contributed by atoms with Gasteiger partial charge >= 0.3 is 0 Å². The van der Waals surface area contributed by atoms with Gasteiger partial charge in [-0.3, -0.25) is 0 Å². The Morgan fingerprint density at radius 3 is 2.50 bits per heavy atom. The second-order valence-electron chi connectivity index (χ2n) is 6.45. The second-order valence-corrected chi connectivity index (χ2v) is 8.39. The lowest BCUT2D eigenvalue weighted by atomic mass is 9.90. The highest BCUT2D eigenvalue weighted by Crippen LogP contribution is 2.26. The Hall–Kier alpha value is -0.990. The highest BCUT2D eigenvalue weighted by Gasteiger charge is 2.44. The molecule has 2 atom stereocenters. The van der Waals surface area contributed by atoms with E-state index >= 15 is 0 Å². The van der Waals surface area contributed by atoms with Crippen LogP contribution in [0.25, 0.3) is 0 Å². The van der Waals surface area contributed by atoms with Crippen LogP contribution in [0.2, 0.25) is 0 Å². The molecule has 0 unspecified atom stereocenters. The van der Waals surface area contributed by atoms with Crippen molar-refractivity contribution in [3.05, 3.63) is 30.3 Å². The maximum absolute atomic E-state index is 12.7. The molecule has 0 saturated carbocycles. The molecule has 7 heteroatoms. The van der Waals surface area contributed by atoms with E-state index in [0.717, 1.165) is 12.8 Å². The minimum Gasteiger partial charge on any atom is -0.390 e. The van der Waals surface area contributed by atoms with Gasteiger partial charge in [-0.1, -0.05) is 32.0 Å². The second kappa shape index (κ2) is 7.93. The lowest BCUT2D eigenvalue weighted by molar-refractivity contribution is -0.105. The monoisotopic (exact) mass is 356 g/mol. The average molecular weight is 356 g/mol. The molecule has 0 aromatic heterocycles. The van der Waals surface area contributed by atoms with E-state index < -0.39 is 21.7 Å². The first kappa shape index (κ1) is 19.3. The van der Waals surface area contributed by atoms with Crippen LogP contribution in [0, 0.1) is 0 Å². The van der Waals surface area contributed by atoms with Crippen molar-refractivity contribution in [3.63, 3.8) is 0 Å². The topological polar surface area (TPSA) is 89.9 Å². The lowest BCUT2D eigenvalue weighted by Gasteiger charge is -2.42. The van der Waals surface area contributed by atoms with Gasteiger partial charge in [0.05, 0.1) is 11.0 Å². The number of nitrogens with one attached hydrogen (secondary N) is 1. The molecule has 1 fully saturated rings. The number of rotatable bonds is 7. The first-order valence-corrected chi connectivity index (χ1v) is 9.96. The van der Waals surface area contributed by atoms with Crippen LogP contribution in [0.3, 0.4) is 0 Å². The molecule has 1 aliphatic heterocycles. The fourth-order valence-corrected chi connectivity index (χ4v) is 4.58. The maximum atomic E-state index is 12.7. The van der Waals surface area contributed by atoms with Crippen molar-refractivity contribution in [1.82, 2.24) is 9.62 Å². The lowest BCUT2D eigenvalue weighted by Crippen LogP contribution is -2.62. The van der Waals surface area contributed by atoms with Crippen LogP contribution in [-0.4, -0.2) is 60.3 Å². The molecule has 2 rings (SSSR count). The van der Waals surface area contributed by atoms with Crippen LogP contribution in [-0.2, 0) is 10.0 Å². The summed E-state index contributed by atoms with van der Waals surface area (Å²) in [5.41, 5.74) is -1.48. The van der Waals surface area contributed by atoms with Gasteiger partial charge in [-0.2, -0.15) is 4.31 Å². The van der Waals surface area contributed by atoms with Gasteiger partial charge in [0, 0.05) is 25.7 Å². The van der Waals surface area contributed by atoms with E-state index in [1.165, 1.54) is 4.31 Å². The first-order chi connectivity index (χ1) is 11.3. The fourth-order valence-electron chi connectivity index (χ4n) is 3.04. The summed E-state index contributed by atoms with van der Waals surface area (Å²) in [7, 11) is -3.67. The molecule has 1 aliphatic rings. The predicted molar refractivity (Wildman–Crippen MR) is 93.1 cm³/mol. The minimum absolute atomic E-state index is 0.113. The van der Waals surface area contributed by atoms with Crippen LogP contribution in [0.1, 0.15) is 33.1 Å². The zero-order valence-electron chi connectivity index (χ0n) is 14.4. The maximum Gasteiger partial charge on any atom is 0.243 e. The van der Waals surface area contributed by atoms with Crippen LogP contribution < -0.4 is 5.32 Å². The molecule has 3 N–H and O–H groups in total. The van der Waals surface area contributed by atoms with Crippen molar-refractivity contribution in [1.29, 1.82) is 0 Å². The predicted octanol–water partition coefficient (Wildman–Crippen LogP) is 0.951. The van der Waals surface area contributed by atoms with Crippen molar-refractivity contribution < 1.29 is 18.6 Å². The molecule has 0 spiro atoms. The average Bonchev–Trinajstić information content (AvgIpc) is 2.59. The molecule has 6 nitrogen and oxygen atoms in total. The molecule has 0 radical (unpaired) electrons. The summed E-state index contributed by atoms with van der Waals surface area (Å²) in [6.45, 7) is 4.36. The minimum atomic E-state index is -3.67. The van der Waals surface area contributed by atoms with E-state index in [1.807, 2.05) is 0 Å². The highest BCUT2D eigenvalue weighted by molar-refractivity contribution is 7.89. The van der Waals surface area contributed by atoms with E-state index in [2.05, 4.69) is 19.2 Å². The molecular weight excluding hydrogens is 328 g/mol. The Morgan fingerprint density at radius 2 is 1.92 bits per heavy atom. The molecule has 0 amide bonds. The summed E-state index contributed by atoms with van der Waals surface area (Å²) < 4.78 is 26.8. The van der Waals surface area contributed by atoms with Crippen molar-refractivity contribution in [2.75, 3.05) is 19.6 Å². The van der Waals surface area contributed by atoms with Gasteiger partial charge in [-0.15, -0.1) is 0 Å². The Morgan fingerprint density at radius 1 is 1.29 bits per heavy atom. The van der Waals surface area contributed by atoms with Gasteiger partial charge in [-0.05, 0) is 31.4 Å². The third-order valence-electron chi connectivity index (χ3n) is 4.79. The van der Waals surface area contributed by atoms with E-state index in [1.54, 1.807) is 30.3 Å². The molecule has 1 aromatic rings. The van der Waals surface area contributed by atoms with Gasteiger partial charge in [0.2, 0.25) is 10.0 Å². The summed E-state index contributed by atoms with van der Waals surface area (Å²) >= 11 is 0. The van der Waals surface area contributed by atoms with Crippen molar-refractivity contribution in [2.45, 2.75) is 55.8 Å². The summed E-state index contributed by atoms with van der Waals surface area (Å²) in [4.78, 5) is 0.205. The Labute approximate surface area is 144 Å². The summed E-state index contributed by atoms with van der Waals surface area (Å²) in [5, 5.41) is 24.3. The molecular formula is C17H28N2O4S. The van der Waals surface area contributed by atoms with E-state index in [9.17, 15) is 18.6 Å². The number of β-amino-alcohol motifs (C(OH)–C–C–N with tert-alkyl or cyclic N) is 1. The van der Waals surface area contributed by atoms with Gasteiger partial charge in [0.25, 0.3) is 0 Å². The number of hydrogen-bond acceptors (Lipinski definition) is 5. The standard InChI is InChI=1S/C17H28N2O4S/c1-3-14(4-2)18-12-17(21)13-19(11-10-16(17)20)24(22,23)15-8-6-5-7-9-15/h5-9,14,16,18,20-21H,3-4,10-13H2,1-2H3/t16-,17+/m0/s1. The highest BCUT2D eigenvalue weighted by atomic mass is 32.2. The fraction of sp³-hybridized carbons (Fsp3) is 0.647. The first-order valence-electron chi connectivity index (χ1n) is 8.52. The molecule has 1 aromatic carbocycles. The van der Waals surface area contributed by atoms with Gasteiger partial charge in [-0.25, -0.2) is 8.42 Å². The molecule has 136 valence electrons. The van der Waals surface area contributed by atoms with Crippen molar-refractivity contribution >= 4 is 10.0 Å². The summed E-state index contributed by atoms with van der Waals surface area (Å²) in [5.74, 6) is 0. The SMILES string of the molecule is CCC(CC)NC[C@@]1(O)CN(S(=O)(=O)c2ccccc2)CC[C@@H]1O. The number of aliphatic hydroxyl groups excluding tert-OH is 1. The number of hydrogen-bond donors (Lipinski definition) is 3.